The maximum Gasteiger partial charge on any atom is 0.314 e. The molecule has 1 aliphatic heterocycles. The van der Waals surface area contributed by atoms with E-state index in [9.17, 15) is 40.2 Å². The predicted octanol–water partition coefficient (Wildman–Crippen LogP) is 4.10. The van der Waals surface area contributed by atoms with Crippen LogP contribution in [0.3, 0.4) is 0 Å². The molecule has 0 spiro atoms. The zero-order chi connectivity index (χ0) is 36.5. The topological polar surface area (TPSA) is 183 Å². The number of carbonyl (C=O) groups excluding carboxylic acids is 1. The van der Waals surface area contributed by atoms with Crippen LogP contribution in [0.4, 0.5) is 0 Å². The molecule has 1 heterocycles. The second-order valence-electron chi connectivity index (χ2n) is 17.8. The zero-order valence-electron chi connectivity index (χ0n) is 30.8. The van der Waals surface area contributed by atoms with Crippen molar-refractivity contribution in [1.82, 2.24) is 0 Å². The van der Waals surface area contributed by atoms with Crippen LogP contribution in [0, 0.1) is 39.4 Å². The molecule has 4 aliphatic carbocycles. The average molecular weight is 695 g/mol. The Balaban J connectivity index is 1.38. The molecule has 2 saturated carbocycles. The fourth-order valence-corrected chi connectivity index (χ4v) is 11.5. The van der Waals surface area contributed by atoms with Crippen LogP contribution in [0.25, 0.3) is 0 Å². The van der Waals surface area contributed by atoms with Crippen molar-refractivity contribution in [3.63, 3.8) is 0 Å². The summed E-state index contributed by atoms with van der Waals surface area (Å²) in [5, 5.41) is 63.9. The number of carboxylic acid groups (broad SMARTS) is 1. The van der Waals surface area contributed by atoms with Gasteiger partial charge in [0.25, 0.3) is 0 Å². The molecule has 5 rings (SSSR count). The van der Waals surface area contributed by atoms with Crippen LogP contribution in [-0.2, 0) is 23.8 Å². The Morgan fingerprint density at radius 3 is 2.22 bits per heavy atom. The first-order valence-electron chi connectivity index (χ1n) is 18.5. The van der Waals surface area contributed by atoms with Crippen LogP contribution in [0.15, 0.2) is 11.1 Å². The van der Waals surface area contributed by atoms with Crippen molar-refractivity contribution in [3.05, 3.63) is 11.1 Å². The molecule has 11 nitrogen and oxygen atoms in total. The van der Waals surface area contributed by atoms with Crippen LogP contribution < -0.4 is 0 Å². The standard InChI is InChI=1S/C38H62O11/c1-20(9-12-27(40)35(5,6)46)22-14-18-38(33(44)45)24-10-11-26-34(3,4)28(15-16-36(26,7)23(24)13-17-37(22,38)8)49-32-31(43)30(42)29(41)25(48-32)19-47-21(2)39/h20,22,25-32,40-43,46H,9-19H2,1-8H3,(H,44,45)/t20-,22-,25-,26+,27+,28-,29-,30+,31-,32+,36-,37-,38+/m1/s1. The lowest BCUT2D eigenvalue weighted by Gasteiger charge is -2.62. The number of esters is 1. The first-order valence-corrected chi connectivity index (χ1v) is 18.5. The van der Waals surface area contributed by atoms with Crippen molar-refractivity contribution >= 4 is 11.9 Å². The third-order valence-corrected chi connectivity index (χ3v) is 14.4. The number of hydrogen-bond acceptors (Lipinski definition) is 10. The molecule has 11 heteroatoms. The minimum Gasteiger partial charge on any atom is -0.481 e. The van der Waals surface area contributed by atoms with E-state index in [1.54, 1.807) is 13.8 Å². The molecular weight excluding hydrogens is 632 g/mol. The third kappa shape index (κ3) is 6.31. The van der Waals surface area contributed by atoms with Gasteiger partial charge in [-0.1, -0.05) is 45.8 Å². The summed E-state index contributed by atoms with van der Waals surface area (Å²) in [4.78, 5) is 25.0. The highest BCUT2D eigenvalue weighted by molar-refractivity contribution is 5.82. The van der Waals surface area contributed by atoms with Crippen molar-refractivity contribution in [3.8, 4) is 0 Å². The number of fused-ring (bicyclic) bond motifs is 4. The van der Waals surface area contributed by atoms with Gasteiger partial charge in [0, 0.05) is 6.92 Å². The summed E-state index contributed by atoms with van der Waals surface area (Å²) in [5.74, 6) is -0.711. The van der Waals surface area contributed by atoms with E-state index >= 15 is 0 Å². The third-order valence-electron chi connectivity index (χ3n) is 14.4. The lowest BCUT2D eigenvalue weighted by molar-refractivity contribution is -0.326. The fraction of sp³-hybridized carbons (Fsp3) is 0.895. The fourth-order valence-electron chi connectivity index (χ4n) is 11.5. The number of ether oxygens (including phenoxy) is 3. The largest absolute Gasteiger partial charge is 0.481 e. The van der Waals surface area contributed by atoms with Crippen LogP contribution >= 0.6 is 0 Å². The quantitative estimate of drug-likeness (QED) is 0.143. The molecule has 0 aromatic heterocycles. The number of carboxylic acids is 1. The van der Waals surface area contributed by atoms with E-state index in [4.69, 9.17) is 14.2 Å². The van der Waals surface area contributed by atoms with E-state index in [1.165, 1.54) is 12.5 Å². The summed E-state index contributed by atoms with van der Waals surface area (Å²) < 4.78 is 17.4. The molecule has 0 radical (unpaired) electrons. The Morgan fingerprint density at radius 2 is 1.61 bits per heavy atom. The number of aliphatic carboxylic acids is 1. The van der Waals surface area contributed by atoms with E-state index in [-0.39, 0.29) is 35.9 Å². The summed E-state index contributed by atoms with van der Waals surface area (Å²) in [6.45, 7) is 15.2. The molecule has 6 N–H and O–H groups in total. The molecule has 0 unspecified atom stereocenters. The highest BCUT2D eigenvalue weighted by Crippen LogP contribution is 2.73. The lowest BCUT2D eigenvalue weighted by Crippen LogP contribution is -2.62. The summed E-state index contributed by atoms with van der Waals surface area (Å²) in [7, 11) is 0. The molecular formula is C38H62O11. The second-order valence-corrected chi connectivity index (χ2v) is 17.8. The summed E-state index contributed by atoms with van der Waals surface area (Å²) in [6.07, 6.45) is -0.763. The second kappa shape index (κ2) is 13.4. The van der Waals surface area contributed by atoms with Gasteiger partial charge in [-0.25, -0.2) is 0 Å². The number of hydrogen-bond donors (Lipinski definition) is 6. The molecule has 280 valence electrons. The van der Waals surface area contributed by atoms with Crippen molar-refractivity contribution < 1.29 is 54.4 Å². The van der Waals surface area contributed by atoms with Crippen molar-refractivity contribution in [1.29, 1.82) is 0 Å². The number of rotatable bonds is 10. The Labute approximate surface area is 291 Å². The molecule has 3 fully saturated rings. The van der Waals surface area contributed by atoms with Gasteiger partial charge in [0.15, 0.2) is 6.29 Å². The molecule has 0 aromatic rings. The highest BCUT2D eigenvalue weighted by atomic mass is 16.7. The van der Waals surface area contributed by atoms with Gasteiger partial charge < -0.3 is 44.8 Å². The zero-order valence-corrected chi connectivity index (χ0v) is 30.8. The van der Waals surface area contributed by atoms with Crippen LogP contribution in [0.5, 0.6) is 0 Å². The summed E-state index contributed by atoms with van der Waals surface area (Å²) in [6, 6.07) is 0. The van der Waals surface area contributed by atoms with Gasteiger partial charge >= 0.3 is 11.9 Å². The van der Waals surface area contributed by atoms with Gasteiger partial charge in [0.05, 0.1) is 23.2 Å². The summed E-state index contributed by atoms with van der Waals surface area (Å²) in [5.41, 5.74) is -0.736. The minimum atomic E-state index is -1.54. The van der Waals surface area contributed by atoms with Gasteiger partial charge in [-0.3, -0.25) is 9.59 Å². The summed E-state index contributed by atoms with van der Waals surface area (Å²) >= 11 is 0. The minimum absolute atomic E-state index is 0.167. The molecule has 0 bridgehead atoms. The van der Waals surface area contributed by atoms with Gasteiger partial charge in [-0.05, 0) is 112 Å². The van der Waals surface area contributed by atoms with E-state index in [0.29, 0.717) is 25.7 Å². The van der Waals surface area contributed by atoms with Gasteiger partial charge in [0.2, 0.25) is 0 Å². The van der Waals surface area contributed by atoms with Crippen LogP contribution in [-0.4, -0.2) is 97.7 Å². The van der Waals surface area contributed by atoms with Crippen LogP contribution in [0.2, 0.25) is 0 Å². The van der Waals surface area contributed by atoms with Crippen molar-refractivity contribution in [2.75, 3.05) is 6.61 Å². The normalized spacial score (nSPS) is 43.2. The SMILES string of the molecule is CC(=O)OC[C@H]1O[C@@H](O[C@@H]2CC[C@]3(C)C4=C(CC[C@H]3C2(C)C)[C@]2(C(=O)O)CC[C@H]([C@H](C)CC[C@H](O)C(C)(C)O)[C@@]2(C)CC4)[C@H](O)[C@@H](O)[C@@H]1O. The number of aliphatic hydroxyl groups is 5. The van der Waals surface area contributed by atoms with E-state index in [2.05, 4.69) is 34.6 Å². The molecule has 5 aliphatic rings. The Morgan fingerprint density at radius 1 is 0.939 bits per heavy atom. The van der Waals surface area contributed by atoms with E-state index in [1.807, 2.05) is 0 Å². The number of carbonyl (C=O) groups is 2. The lowest BCUT2D eigenvalue weighted by atomic mass is 9.43. The Hall–Kier alpha value is -1.60. The smallest absolute Gasteiger partial charge is 0.314 e. The van der Waals surface area contributed by atoms with Crippen LogP contribution in [0.1, 0.15) is 120 Å². The molecule has 13 atom stereocenters. The van der Waals surface area contributed by atoms with Crippen molar-refractivity contribution in [2.24, 2.45) is 39.4 Å². The van der Waals surface area contributed by atoms with E-state index in [0.717, 1.165) is 44.1 Å². The van der Waals surface area contributed by atoms with Gasteiger partial charge in [-0.2, -0.15) is 0 Å². The molecule has 49 heavy (non-hydrogen) atoms. The maximum absolute atomic E-state index is 13.6. The molecule has 0 aromatic carbocycles. The van der Waals surface area contributed by atoms with Gasteiger partial charge in [-0.15, -0.1) is 0 Å². The first kappa shape index (κ1) is 38.6. The Kier molecular flexibility index (Phi) is 10.6. The monoisotopic (exact) mass is 694 g/mol. The van der Waals surface area contributed by atoms with Gasteiger partial charge in [0.1, 0.15) is 31.0 Å². The Bertz CT molecular complexity index is 1290. The number of aliphatic hydroxyl groups excluding tert-OH is 4. The predicted molar refractivity (Wildman–Crippen MR) is 180 cm³/mol. The highest BCUT2D eigenvalue weighted by Gasteiger charge is 2.68. The maximum atomic E-state index is 13.6. The molecule has 1 saturated heterocycles. The molecule has 0 amide bonds. The average Bonchev–Trinajstić information content (AvgIpc) is 3.34. The van der Waals surface area contributed by atoms with Crippen molar-refractivity contribution in [2.45, 2.75) is 168 Å². The first-order chi connectivity index (χ1) is 22.6. The number of allylic oxidation sites excluding steroid dienone is 1. The van der Waals surface area contributed by atoms with E-state index < -0.39 is 70.6 Å².